The Morgan fingerprint density at radius 2 is 2.08 bits per heavy atom. The van der Waals surface area contributed by atoms with Crippen molar-refractivity contribution in [1.29, 1.82) is 0 Å². The molecule has 0 saturated carbocycles. The summed E-state index contributed by atoms with van der Waals surface area (Å²) < 4.78 is 27.4. The number of fused-ring (bicyclic) bond motifs is 1. The zero-order chi connectivity index (χ0) is 18.2. The fourth-order valence-corrected chi connectivity index (χ4v) is 5.43. The molecular weight excluding hydrogens is 356 g/mol. The Morgan fingerprint density at radius 3 is 2.72 bits per heavy atom. The number of hydrogen-bond acceptors (Lipinski definition) is 4. The molecule has 1 atom stereocenters. The van der Waals surface area contributed by atoms with E-state index in [1.165, 1.54) is 11.2 Å². The van der Waals surface area contributed by atoms with Crippen LogP contribution in [-0.4, -0.2) is 32.2 Å². The van der Waals surface area contributed by atoms with E-state index in [0.29, 0.717) is 6.54 Å². The van der Waals surface area contributed by atoms with Crippen LogP contribution in [0.3, 0.4) is 0 Å². The maximum atomic E-state index is 13.0. The Balaban J connectivity index is 1.94. The molecule has 0 aliphatic carbocycles. The predicted octanol–water partition coefficient (Wildman–Crippen LogP) is 3.43. The van der Waals surface area contributed by atoms with Crippen LogP contribution in [-0.2, 0) is 21.2 Å². The topological polar surface area (TPSA) is 57.7 Å². The van der Waals surface area contributed by atoms with E-state index in [-0.39, 0.29) is 16.8 Å². The number of rotatable bonds is 4. The van der Waals surface area contributed by atoms with Gasteiger partial charge in [-0.3, -0.25) is 4.79 Å². The monoisotopic (exact) mass is 378 g/mol. The second-order valence-electron chi connectivity index (χ2n) is 6.28. The first-order valence-electron chi connectivity index (χ1n) is 8.25. The van der Waals surface area contributed by atoms with Crippen molar-refractivity contribution in [3.05, 3.63) is 46.2 Å². The molecule has 0 radical (unpaired) electrons. The number of aryl methyl sites for hydroxylation is 1. The number of benzene rings is 1. The number of anilines is 1. The van der Waals surface area contributed by atoms with Crippen molar-refractivity contribution in [2.75, 3.05) is 18.5 Å². The van der Waals surface area contributed by atoms with Crippen molar-refractivity contribution in [2.24, 2.45) is 0 Å². The molecule has 2 heterocycles. The van der Waals surface area contributed by atoms with Crippen molar-refractivity contribution in [3.63, 3.8) is 0 Å². The molecule has 1 unspecified atom stereocenters. The molecule has 1 aliphatic heterocycles. The molecule has 7 heteroatoms. The van der Waals surface area contributed by atoms with Crippen LogP contribution < -0.4 is 4.90 Å². The average Bonchev–Trinajstić information content (AvgIpc) is 3.13. The van der Waals surface area contributed by atoms with E-state index >= 15 is 0 Å². The van der Waals surface area contributed by atoms with Gasteiger partial charge in [-0.2, -0.15) is 4.31 Å². The molecule has 0 N–H and O–H groups in total. The van der Waals surface area contributed by atoms with Crippen molar-refractivity contribution in [3.8, 4) is 0 Å². The highest BCUT2D eigenvalue weighted by atomic mass is 32.2. The van der Waals surface area contributed by atoms with Gasteiger partial charge in [0.25, 0.3) is 0 Å². The molecule has 0 bridgehead atoms. The summed E-state index contributed by atoms with van der Waals surface area (Å²) >= 11 is 1.55. The second-order valence-corrected chi connectivity index (χ2v) is 9.25. The molecule has 3 rings (SSSR count). The minimum atomic E-state index is -3.60. The molecule has 0 saturated heterocycles. The third kappa shape index (κ3) is 3.36. The van der Waals surface area contributed by atoms with Gasteiger partial charge in [-0.1, -0.05) is 6.07 Å². The molecule has 0 fully saturated rings. The van der Waals surface area contributed by atoms with E-state index < -0.39 is 10.0 Å². The lowest BCUT2D eigenvalue weighted by molar-refractivity contribution is -0.116. The fraction of sp³-hybridized carbons (Fsp3) is 0.389. The maximum absolute atomic E-state index is 13.0. The van der Waals surface area contributed by atoms with E-state index in [9.17, 15) is 13.2 Å². The predicted molar refractivity (Wildman–Crippen MR) is 100 cm³/mol. The molecule has 5 nitrogen and oxygen atoms in total. The smallest absolute Gasteiger partial charge is 0.243 e. The maximum Gasteiger partial charge on any atom is 0.243 e. The van der Waals surface area contributed by atoms with Gasteiger partial charge < -0.3 is 4.90 Å². The molecule has 0 spiro atoms. The quantitative estimate of drug-likeness (QED) is 0.819. The molecule has 1 amide bonds. The lowest BCUT2D eigenvalue weighted by Crippen LogP contribution is -2.34. The molecule has 1 aromatic heterocycles. The van der Waals surface area contributed by atoms with Crippen LogP contribution in [0, 0.1) is 0 Å². The summed E-state index contributed by atoms with van der Waals surface area (Å²) in [6, 6.07) is 8.72. The Bertz CT molecular complexity index is 876. The van der Waals surface area contributed by atoms with E-state index in [2.05, 4.69) is 0 Å². The number of carbonyl (C=O) groups excluding carboxylic acids is 1. The number of sulfonamides is 1. The van der Waals surface area contributed by atoms with Crippen molar-refractivity contribution >= 4 is 33.0 Å². The highest BCUT2D eigenvalue weighted by Gasteiger charge is 2.29. The zero-order valence-corrected chi connectivity index (χ0v) is 16.2. The minimum Gasteiger partial charge on any atom is -0.312 e. The lowest BCUT2D eigenvalue weighted by atomic mass is 10.0. The van der Waals surface area contributed by atoms with Crippen LogP contribution in [0.15, 0.2) is 40.6 Å². The Morgan fingerprint density at radius 1 is 1.32 bits per heavy atom. The van der Waals surface area contributed by atoms with Crippen molar-refractivity contribution in [1.82, 2.24) is 4.31 Å². The first-order chi connectivity index (χ1) is 11.8. The van der Waals surface area contributed by atoms with Gasteiger partial charge in [-0.05, 0) is 55.0 Å². The number of carbonyl (C=O) groups is 1. The molecular formula is C18H22N2O3S2. The summed E-state index contributed by atoms with van der Waals surface area (Å²) in [4.78, 5) is 14.8. The Kier molecular flexibility index (Phi) is 4.99. The summed E-state index contributed by atoms with van der Waals surface area (Å²) in [6.45, 7) is 4.11. The number of thiophene rings is 1. The standard InChI is InChI=1S/C18H22N2O3S2/c1-13(18-7-5-11-24-18)19(3)25(22,23)16-8-9-17-15(12-16)6-4-10-20(17)14(2)21/h5,7-9,11-13H,4,6,10H2,1-3H3. The average molecular weight is 379 g/mol. The molecule has 1 aliphatic rings. The van der Waals surface area contributed by atoms with Crippen LogP contribution >= 0.6 is 11.3 Å². The van der Waals surface area contributed by atoms with E-state index in [1.807, 2.05) is 24.4 Å². The fourth-order valence-electron chi connectivity index (χ4n) is 3.14. The Labute approximate surface area is 152 Å². The van der Waals surface area contributed by atoms with E-state index in [1.54, 1.807) is 41.5 Å². The molecule has 134 valence electrons. The lowest BCUT2D eigenvalue weighted by Gasteiger charge is -2.29. The van der Waals surface area contributed by atoms with Gasteiger partial charge >= 0.3 is 0 Å². The summed E-state index contributed by atoms with van der Waals surface area (Å²) in [7, 11) is -1.99. The van der Waals surface area contributed by atoms with Gasteiger partial charge in [-0.15, -0.1) is 11.3 Å². The summed E-state index contributed by atoms with van der Waals surface area (Å²) in [5.74, 6) is -0.0139. The second kappa shape index (κ2) is 6.90. The number of hydrogen-bond donors (Lipinski definition) is 0. The van der Waals surface area contributed by atoms with Crippen LogP contribution in [0.25, 0.3) is 0 Å². The normalized spacial score (nSPS) is 15.9. The van der Waals surface area contributed by atoms with E-state index in [4.69, 9.17) is 0 Å². The highest BCUT2D eigenvalue weighted by Crippen LogP contribution is 2.33. The van der Waals surface area contributed by atoms with E-state index in [0.717, 1.165) is 29.0 Å². The molecule has 1 aromatic carbocycles. The van der Waals surface area contributed by atoms with Gasteiger partial charge in [0.2, 0.25) is 15.9 Å². The van der Waals surface area contributed by atoms with Gasteiger partial charge in [-0.25, -0.2) is 8.42 Å². The Hall–Kier alpha value is -1.70. The minimum absolute atomic E-state index is 0.0139. The summed E-state index contributed by atoms with van der Waals surface area (Å²) in [5, 5.41) is 1.95. The van der Waals surface area contributed by atoms with Gasteiger partial charge in [0.15, 0.2) is 0 Å². The van der Waals surface area contributed by atoms with Crippen molar-refractivity contribution < 1.29 is 13.2 Å². The molecule has 25 heavy (non-hydrogen) atoms. The first kappa shape index (κ1) is 18.1. The number of nitrogens with zero attached hydrogens (tertiary/aromatic N) is 2. The largest absolute Gasteiger partial charge is 0.312 e. The summed E-state index contributed by atoms with van der Waals surface area (Å²) in [5.41, 5.74) is 1.74. The molecule has 2 aromatic rings. The van der Waals surface area contributed by atoms with Crippen LogP contribution in [0.5, 0.6) is 0 Å². The van der Waals surface area contributed by atoms with Crippen LogP contribution in [0.2, 0.25) is 0 Å². The zero-order valence-electron chi connectivity index (χ0n) is 14.6. The third-order valence-corrected chi connectivity index (χ3v) is 7.69. The SMILES string of the molecule is CC(=O)N1CCCc2cc(S(=O)(=O)N(C)C(C)c3cccs3)ccc21. The highest BCUT2D eigenvalue weighted by molar-refractivity contribution is 7.89. The first-order valence-corrected chi connectivity index (χ1v) is 10.6. The third-order valence-electron chi connectivity index (χ3n) is 4.73. The van der Waals surface area contributed by atoms with Gasteiger partial charge in [0.1, 0.15) is 0 Å². The summed E-state index contributed by atoms with van der Waals surface area (Å²) in [6.07, 6.45) is 1.63. The van der Waals surface area contributed by atoms with Gasteiger partial charge in [0.05, 0.1) is 10.9 Å². The van der Waals surface area contributed by atoms with Crippen LogP contribution in [0.1, 0.15) is 36.8 Å². The van der Waals surface area contributed by atoms with Crippen molar-refractivity contribution in [2.45, 2.75) is 37.6 Å². The number of amides is 1. The van der Waals surface area contributed by atoms with Gasteiger partial charge in [0, 0.05) is 31.1 Å². The van der Waals surface area contributed by atoms with Crippen LogP contribution in [0.4, 0.5) is 5.69 Å².